The van der Waals surface area contributed by atoms with Gasteiger partial charge in [0.1, 0.15) is 5.01 Å². The minimum atomic E-state index is 0.275. The molecule has 1 aliphatic rings. The van der Waals surface area contributed by atoms with Crippen LogP contribution in [0.4, 0.5) is 0 Å². The van der Waals surface area contributed by atoms with Crippen molar-refractivity contribution in [3.8, 4) is 22.1 Å². The molecule has 1 aromatic heterocycles. The monoisotopic (exact) mass is 368 g/mol. The van der Waals surface area contributed by atoms with Crippen molar-refractivity contribution in [2.24, 2.45) is 0 Å². The van der Waals surface area contributed by atoms with Crippen LogP contribution in [-0.4, -0.2) is 18.3 Å². The van der Waals surface area contributed by atoms with E-state index in [4.69, 9.17) is 14.5 Å². The average Bonchev–Trinajstić information content (AvgIpc) is 3.05. The van der Waals surface area contributed by atoms with Crippen LogP contribution in [0.3, 0.4) is 0 Å². The van der Waals surface area contributed by atoms with E-state index in [1.165, 1.54) is 4.88 Å². The van der Waals surface area contributed by atoms with Gasteiger partial charge in [0.15, 0.2) is 11.5 Å². The van der Waals surface area contributed by atoms with Gasteiger partial charge in [0.05, 0.1) is 10.2 Å². The quantitative estimate of drug-likeness (QED) is 0.874. The molecule has 1 atom stereocenters. The van der Waals surface area contributed by atoms with E-state index in [2.05, 4.69) is 42.0 Å². The number of thiazole rings is 1. The number of fused-ring (bicyclic) bond motifs is 1. The summed E-state index contributed by atoms with van der Waals surface area (Å²) in [5.74, 6) is 1.54. The molecule has 0 saturated carbocycles. The van der Waals surface area contributed by atoms with Crippen molar-refractivity contribution in [2.75, 3.05) is 13.3 Å². The number of nitrogens with zero attached hydrogens (tertiary/aromatic N) is 1. The van der Waals surface area contributed by atoms with Gasteiger partial charge in [-0.2, -0.15) is 0 Å². The lowest BCUT2D eigenvalue weighted by molar-refractivity contribution is 0.173. The zero-order valence-electron chi connectivity index (χ0n) is 12.2. The maximum Gasteiger partial charge on any atom is 0.231 e. The molecule has 3 rings (SSSR count). The molecule has 1 aromatic carbocycles. The molecule has 21 heavy (non-hydrogen) atoms. The predicted octanol–water partition coefficient (Wildman–Crippen LogP) is 4.28. The zero-order chi connectivity index (χ0) is 15.0. The fourth-order valence-corrected chi connectivity index (χ4v) is 4.06. The van der Waals surface area contributed by atoms with E-state index in [1.54, 1.807) is 11.3 Å². The first kappa shape index (κ1) is 14.8. The van der Waals surface area contributed by atoms with Gasteiger partial charge in [-0.15, -0.1) is 11.3 Å². The molecule has 1 unspecified atom stereocenters. The third-order valence-corrected chi connectivity index (χ3v) is 5.39. The molecule has 112 valence electrons. The lowest BCUT2D eigenvalue weighted by Gasteiger charge is -2.09. The SMILES string of the molecule is CCNC(C)c1sc(-c2cc(Br)c3c(c2)OCO3)nc1C. The van der Waals surface area contributed by atoms with E-state index in [9.17, 15) is 0 Å². The van der Waals surface area contributed by atoms with Crippen LogP contribution < -0.4 is 14.8 Å². The normalized spacial score (nSPS) is 14.5. The molecule has 4 nitrogen and oxygen atoms in total. The van der Waals surface area contributed by atoms with Gasteiger partial charge >= 0.3 is 0 Å². The number of hydrogen-bond acceptors (Lipinski definition) is 5. The Morgan fingerprint density at radius 3 is 3.00 bits per heavy atom. The summed E-state index contributed by atoms with van der Waals surface area (Å²) in [6, 6.07) is 4.35. The van der Waals surface area contributed by atoms with Crippen molar-refractivity contribution >= 4 is 27.3 Å². The number of aromatic nitrogens is 1. The topological polar surface area (TPSA) is 43.4 Å². The minimum Gasteiger partial charge on any atom is -0.454 e. The van der Waals surface area contributed by atoms with Crippen molar-refractivity contribution in [3.05, 3.63) is 27.2 Å². The van der Waals surface area contributed by atoms with Crippen molar-refractivity contribution in [1.82, 2.24) is 10.3 Å². The number of rotatable bonds is 4. The number of ether oxygens (including phenoxy) is 2. The van der Waals surface area contributed by atoms with Gasteiger partial charge in [0, 0.05) is 16.5 Å². The Morgan fingerprint density at radius 1 is 1.43 bits per heavy atom. The van der Waals surface area contributed by atoms with Gasteiger partial charge in [-0.05, 0) is 48.5 Å². The Bertz CT molecular complexity index is 672. The first-order valence-corrected chi connectivity index (χ1v) is 8.51. The van der Waals surface area contributed by atoms with Gasteiger partial charge in [0.25, 0.3) is 0 Å². The molecule has 0 amide bonds. The minimum absolute atomic E-state index is 0.275. The molecule has 0 spiro atoms. The molecule has 6 heteroatoms. The van der Waals surface area contributed by atoms with Crippen LogP contribution in [0.2, 0.25) is 0 Å². The fraction of sp³-hybridized carbons (Fsp3) is 0.400. The van der Waals surface area contributed by atoms with Crippen molar-refractivity contribution in [1.29, 1.82) is 0 Å². The van der Waals surface area contributed by atoms with Crippen LogP contribution in [0.15, 0.2) is 16.6 Å². The first-order valence-electron chi connectivity index (χ1n) is 6.90. The second kappa shape index (κ2) is 5.94. The molecule has 2 heterocycles. The van der Waals surface area contributed by atoms with Gasteiger partial charge in [-0.3, -0.25) is 0 Å². The summed E-state index contributed by atoms with van der Waals surface area (Å²) >= 11 is 5.26. The lowest BCUT2D eigenvalue weighted by Crippen LogP contribution is -2.17. The maximum atomic E-state index is 5.48. The third kappa shape index (κ3) is 2.80. The van der Waals surface area contributed by atoms with Crippen LogP contribution in [0, 0.1) is 6.92 Å². The standard InChI is InChI=1S/C15H17BrN2O2S/c1-4-17-8(2)14-9(3)18-15(21-14)10-5-11(16)13-12(6-10)19-7-20-13/h5-6,8,17H,4,7H2,1-3H3. The van der Waals surface area contributed by atoms with Crippen LogP contribution in [0.25, 0.3) is 10.6 Å². The molecule has 0 bridgehead atoms. The highest BCUT2D eigenvalue weighted by molar-refractivity contribution is 9.10. The van der Waals surface area contributed by atoms with Crippen LogP contribution >= 0.6 is 27.3 Å². The van der Waals surface area contributed by atoms with Crippen molar-refractivity contribution in [3.63, 3.8) is 0 Å². The Labute approximate surface area is 136 Å². The fourth-order valence-electron chi connectivity index (χ4n) is 2.42. The highest BCUT2D eigenvalue weighted by Gasteiger charge is 2.21. The molecular weight excluding hydrogens is 352 g/mol. The third-order valence-electron chi connectivity index (χ3n) is 3.41. The predicted molar refractivity (Wildman–Crippen MR) is 88.2 cm³/mol. The molecule has 0 saturated heterocycles. The van der Waals surface area contributed by atoms with Gasteiger partial charge in [-0.1, -0.05) is 6.92 Å². The highest BCUT2D eigenvalue weighted by Crippen LogP contribution is 2.43. The van der Waals surface area contributed by atoms with Gasteiger partial charge < -0.3 is 14.8 Å². The summed E-state index contributed by atoms with van der Waals surface area (Å²) in [5, 5.41) is 4.44. The van der Waals surface area contributed by atoms with Gasteiger partial charge in [0.2, 0.25) is 6.79 Å². The Kier molecular flexibility index (Phi) is 4.19. The number of aryl methyl sites for hydroxylation is 1. The summed E-state index contributed by atoms with van der Waals surface area (Å²) in [5.41, 5.74) is 2.13. The van der Waals surface area contributed by atoms with E-state index >= 15 is 0 Å². The molecule has 0 fully saturated rings. The van der Waals surface area contributed by atoms with Crippen molar-refractivity contribution in [2.45, 2.75) is 26.8 Å². The molecule has 0 radical (unpaired) electrons. The Hall–Kier alpha value is -1.11. The highest BCUT2D eigenvalue weighted by atomic mass is 79.9. The number of benzene rings is 1. The summed E-state index contributed by atoms with van der Waals surface area (Å²) in [6.45, 7) is 7.57. The van der Waals surface area contributed by atoms with E-state index in [0.717, 1.165) is 38.8 Å². The number of halogens is 1. The summed E-state index contributed by atoms with van der Waals surface area (Å²) in [6.07, 6.45) is 0. The summed E-state index contributed by atoms with van der Waals surface area (Å²) < 4.78 is 11.8. The van der Waals surface area contributed by atoms with Crippen LogP contribution in [0.1, 0.15) is 30.5 Å². The number of hydrogen-bond donors (Lipinski definition) is 1. The van der Waals surface area contributed by atoms with Crippen LogP contribution in [-0.2, 0) is 0 Å². The molecule has 1 aliphatic heterocycles. The van der Waals surface area contributed by atoms with Crippen LogP contribution in [0.5, 0.6) is 11.5 Å². The van der Waals surface area contributed by atoms with E-state index in [0.29, 0.717) is 6.04 Å². The maximum absolute atomic E-state index is 5.48. The first-order chi connectivity index (χ1) is 10.1. The smallest absolute Gasteiger partial charge is 0.231 e. The number of nitrogens with one attached hydrogen (secondary N) is 1. The second-order valence-corrected chi connectivity index (χ2v) is 6.82. The largest absolute Gasteiger partial charge is 0.454 e. The van der Waals surface area contributed by atoms with Crippen molar-refractivity contribution < 1.29 is 9.47 Å². The average molecular weight is 369 g/mol. The summed E-state index contributed by atoms with van der Waals surface area (Å²) in [7, 11) is 0. The summed E-state index contributed by atoms with van der Waals surface area (Å²) in [4.78, 5) is 5.99. The second-order valence-electron chi connectivity index (χ2n) is 4.94. The molecule has 2 aromatic rings. The van der Waals surface area contributed by atoms with E-state index in [-0.39, 0.29) is 6.79 Å². The van der Waals surface area contributed by atoms with E-state index in [1.807, 2.05) is 12.1 Å². The molecular formula is C15H17BrN2O2S. The Morgan fingerprint density at radius 2 is 2.24 bits per heavy atom. The Balaban J connectivity index is 1.98. The van der Waals surface area contributed by atoms with E-state index < -0.39 is 0 Å². The zero-order valence-corrected chi connectivity index (χ0v) is 14.6. The molecule has 1 N–H and O–H groups in total. The van der Waals surface area contributed by atoms with Gasteiger partial charge in [-0.25, -0.2) is 4.98 Å². The lowest BCUT2D eigenvalue weighted by atomic mass is 10.2. The molecule has 0 aliphatic carbocycles.